The van der Waals surface area contributed by atoms with Gasteiger partial charge in [-0.1, -0.05) is 20.8 Å². The van der Waals surface area contributed by atoms with Gasteiger partial charge in [0.05, 0.1) is 42.9 Å². The summed E-state index contributed by atoms with van der Waals surface area (Å²) in [7, 11) is 0. The fourth-order valence-electron chi connectivity index (χ4n) is 10.7. The third kappa shape index (κ3) is 2.36. The van der Waals surface area contributed by atoms with E-state index < -0.39 is 81.6 Å². The molecule has 2 aliphatic heterocycles. The van der Waals surface area contributed by atoms with E-state index in [0.29, 0.717) is 6.42 Å². The minimum Gasteiger partial charge on any atom is -0.472 e. The van der Waals surface area contributed by atoms with Crippen LogP contribution in [0.25, 0.3) is 0 Å². The van der Waals surface area contributed by atoms with Crippen molar-refractivity contribution >= 4 is 11.8 Å². The number of esters is 1. The monoisotopic (exact) mass is 532 g/mol. The quantitative estimate of drug-likeness (QED) is 0.318. The van der Waals surface area contributed by atoms with Gasteiger partial charge in [0, 0.05) is 41.4 Å². The smallest absolute Gasteiger partial charge is 0.302 e. The molecule has 14 atom stereocenters. The van der Waals surface area contributed by atoms with E-state index >= 15 is 0 Å². The zero-order chi connectivity index (χ0) is 27.2. The molecule has 10 nitrogen and oxygen atoms in total. The molecule has 4 aliphatic carbocycles. The summed E-state index contributed by atoms with van der Waals surface area (Å²) >= 11 is 0. The molecule has 208 valence electrons. The third-order valence-corrected chi connectivity index (χ3v) is 12.3. The first-order valence-corrected chi connectivity index (χ1v) is 13.6. The van der Waals surface area contributed by atoms with Gasteiger partial charge in [0.2, 0.25) is 0 Å². The fourth-order valence-corrected chi connectivity index (χ4v) is 10.7. The lowest BCUT2D eigenvalue weighted by molar-refractivity contribution is -0.373. The molecule has 3 heterocycles. The molecule has 4 N–H and O–H groups in total. The molecule has 4 saturated carbocycles. The van der Waals surface area contributed by atoms with E-state index in [1.165, 1.54) is 6.92 Å². The molecule has 2 saturated heterocycles. The van der Waals surface area contributed by atoms with Gasteiger partial charge in [-0.25, -0.2) is 0 Å². The number of hydrogen-bond donors (Lipinski definition) is 4. The molecule has 1 unspecified atom stereocenters. The highest BCUT2D eigenvalue weighted by Crippen LogP contribution is 2.82. The van der Waals surface area contributed by atoms with Crippen LogP contribution in [0.1, 0.15) is 58.4 Å². The van der Waals surface area contributed by atoms with Crippen molar-refractivity contribution < 1.29 is 48.6 Å². The SMILES string of the molecule is CC(=O)O[C@@H]1C[C@H](O)[C@@]23CO[C@H](O)[C@]1(C)[C@@H]2C[C@@H](O)[C@]1(C)C3C(=O)[C@H](O)[C@@]2(C)[C@H](c3ccoc3)C[C@H]3O[C@]321. The fraction of sp³-hybridized carbons (Fsp3) is 0.786. The largest absolute Gasteiger partial charge is 0.472 e. The summed E-state index contributed by atoms with van der Waals surface area (Å²) in [6.07, 6.45) is -2.21. The standard InChI is InChI=1S/C28H36O10/c1-12(29)37-18-9-17(31)27-11-36-23(34)24(18,2)15(27)8-16(30)26(4)21(27)20(32)22(33)25(3)14(13-5-6-35-10-13)7-19-28(25,26)38-19/h5-6,10,14-19,21-23,30-31,33-34H,7-9,11H2,1-4H3/t14-,15-,16+,17-,18+,19+,21?,22-,23-,24+,25+,26+,27+,28+/m0/s1. The molecule has 10 heteroatoms. The number of hydrogen-bond acceptors (Lipinski definition) is 10. The van der Waals surface area contributed by atoms with Gasteiger partial charge in [-0.2, -0.15) is 0 Å². The summed E-state index contributed by atoms with van der Waals surface area (Å²) in [6.45, 7) is 6.61. The Labute approximate surface area is 220 Å². The van der Waals surface area contributed by atoms with Gasteiger partial charge < -0.3 is 39.1 Å². The molecular weight excluding hydrogens is 496 g/mol. The lowest BCUT2D eigenvalue weighted by atomic mass is 9.33. The summed E-state index contributed by atoms with van der Waals surface area (Å²) in [5.74, 6) is -2.88. The molecule has 1 aromatic rings. The number of aliphatic hydroxyl groups excluding tert-OH is 4. The molecule has 6 aliphatic rings. The maximum atomic E-state index is 14.5. The van der Waals surface area contributed by atoms with E-state index in [-0.39, 0.29) is 31.5 Å². The zero-order valence-corrected chi connectivity index (χ0v) is 22.0. The van der Waals surface area contributed by atoms with Crippen LogP contribution in [0.5, 0.6) is 0 Å². The van der Waals surface area contributed by atoms with E-state index in [4.69, 9.17) is 18.6 Å². The molecule has 0 radical (unpaired) electrons. The van der Waals surface area contributed by atoms with E-state index in [2.05, 4.69) is 0 Å². The van der Waals surface area contributed by atoms with Crippen molar-refractivity contribution in [3.63, 3.8) is 0 Å². The minimum absolute atomic E-state index is 0.00521. The zero-order valence-electron chi connectivity index (χ0n) is 22.0. The van der Waals surface area contributed by atoms with Gasteiger partial charge in [-0.3, -0.25) is 9.59 Å². The van der Waals surface area contributed by atoms with Crippen molar-refractivity contribution in [2.45, 2.75) is 95.3 Å². The van der Waals surface area contributed by atoms with Crippen molar-refractivity contribution in [1.29, 1.82) is 0 Å². The Hall–Kier alpha value is -1.82. The van der Waals surface area contributed by atoms with Crippen molar-refractivity contribution in [2.24, 2.45) is 33.5 Å². The number of epoxide rings is 1. The number of Topliss-reactive ketones (excluding diaryl/α,β-unsaturated/α-hetero) is 1. The maximum Gasteiger partial charge on any atom is 0.302 e. The van der Waals surface area contributed by atoms with Crippen molar-refractivity contribution in [3.05, 3.63) is 24.2 Å². The van der Waals surface area contributed by atoms with Crippen molar-refractivity contribution in [2.75, 3.05) is 6.61 Å². The molecule has 1 aromatic heterocycles. The molecule has 0 amide bonds. The first-order chi connectivity index (χ1) is 17.8. The number of ketones is 1. The highest BCUT2D eigenvalue weighted by Gasteiger charge is 2.92. The Morgan fingerprint density at radius 2 is 1.79 bits per heavy atom. The number of rotatable bonds is 2. The van der Waals surface area contributed by atoms with Crippen LogP contribution >= 0.6 is 0 Å². The van der Waals surface area contributed by atoms with Gasteiger partial charge in [-0.05, 0) is 30.4 Å². The molecule has 0 aromatic carbocycles. The Balaban J connectivity index is 1.41. The summed E-state index contributed by atoms with van der Waals surface area (Å²) in [5.41, 5.74) is -4.74. The number of carbonyl (C=O) groups excluding carboxylic acids is 2. The van der Waals surface area contributed by atoms with Crippen LogP contribution in [-0.2, 0) is 23.8 Å². The molecule has 7 rings (SSSR count). The summed E-state index contributed by atoms with van der Waals surface area (Å²) in [5, 5.41) is 46.8. The normalized spacial score (nSPS) is 58.3. The van der Waals surface area contributed by atoms with E-state index in [1.54, 1.807) is 19.5 Å². The van der Waals surface area contributed by atoms with E-state index in [0.717, 1.165) is 5.56 Å². The molecule has 38 heavy (non-hydrogen) atoms. The Kier molecular flexibility index (Phi) is 4.82. The number of aliphatic hydroxyl groups is 4. The summed E-state index contributed by atoms with van der Waals surface area (Å²) in [4.78, 5) is 26.5. The van der Waals surface area contributed by atoms with Gasteiger partial charge in [0.1, 0.15) is 17.8 Å². The van der Waals surface area contributed by atoms with Gasteiger partial charge in [0.25, 0.3) is 0 Å². The second-order valence-electron chi connectivity index (χ2n) is 13.3. The minimum atomic E-state index is -1.43. The van der Waals surface area contributed by atoms with Crippen molar-refractivity contribution in [1.82, 2.24) is 0 Å². The Morgan fingerprint density at radius 3 is 2.45 bits per heavy atom. The van der Waals surface area contributed by atoms with Crippen LogP contribution < -0.4 is 0 Å². The molecular formula is C28H36O10. The maximum absolute atomic E-state index is 14.5. The first kappa shape index (κ1) is 25.2. The van der Waals surface area contributed by atoms with Crippen molar-refractivity contribution in [3.8, 4) is 0 Å². The van der Waals surface area contributed by atoms with Crippen LogP contribution in [0.4, 0.5) is 0 Å². The predicted molar refractivity (Wildman–Crippen MR) is 127 cm³/mol. The van der Waals surface area contributed by atoms with Crippen LogP contribution in [0.3, 0.4) is 0 Å². The third-order valence-electron chi connectivity index (χ3n) is 12.3. The molecule has 2 bridgehead atoms. The highest BCUT2D eigenvalue weighted by atomic mass is 16.6. The summed E-state index contributed by atoms with van der Waals surface area (Å²) in [6, 6.07) is 1.84. The molecule has 1 spiro atoms. The Morgan fingerprint density at radius 1 is 1.05 bits per heavy atom. The van der Waals surface area contributed by atoms with Crippen LogP contribution in [0.15, 0.2) is 23.0 Å². The van der Waals surface area contributed by atoms with Crippen LogP contribution in [0.2, 0.25) is 0 Å². The van der Waals surface area contributed by atoms with E-state index in [1.807, 2.05) is 19.9 Å². The van der Waals surface area contributed by atoms with Gasteiger partial charge >= 0.3 is 5.97 Å². The van der Waals surface area contributed by atoms with E-state index in [9.17, 15) is 30.0 Å². The number of carbonyl (C=O) groups is 2. The number of fused-ring (bicyclic) bond motifs is 1. The topological polar surface area (TPSA) is 159 Å². The lowest BCUT2D eigenvalue weighted by Crippen LogP contribution is -2.82. The Bertz CT molecular complexity index is 1200. The average Bonchev–Trinajstić information content (AvgIpc) is 3.22. The lowest BCUT2D eigenvalue weighted by Gasteiger charge is -2.72. The number of ether oxygens (including phenoxy) is 3. The van der Waals surface area contributed by atoms with Gasteiger partial charge in [0.15, 0.2) is 12.1 Å². The van der Waals surface area contributed by atoms with Crippen LogP contribution in [-0.4, -0.2) is 81.2 Å². The van der Waals surface area contributed by atoms with Crippen LogP contribution in [0, 0.1) is 33.5 Å². The average molecular weight is 533 g/mol. The first-order valence-electron chi connectivity index (χ1n) is 13.6. The van der Waals surface area contributed by atoms with Gasteiger partial charge in [-0.15, -0.1) is 0 Å². The molecule has 6 fully saturated rings. The highest BCUT2D eigenvalue weighted by molar-refractivity contribution is 5.91. The summed E-state index contributed by atoms with van der Waals surface area (Å²) < 4.78 is 23.3. The second-order valence-corrected chi connectivity index (χ2v) is 13.3. The second kappa shape index (κ2) is 7.27. The predicted octanol–water partition coefficient (Wildman–Crippen LogP) is 0.895. The number of furan rings is 1.